The van der Waals surface area contributed by atoms with Crippen molar-refractivity contribution in [3.63, 3.8) is 0 Å². The maximum absolute atomic E-state index is 11.9. The first-order valence-corrected chi connectivity index (χ1v) is 5.93. The second kappa shape index (κ2) is 5.71. The molecule has 0 radical (unpaired) electrons. The van der Waals surface area contributed by atoms with E-state index in [1.54, 1.807) is 7.11 Å². The van der Waals surface area contributed by atoms with E-state index in [1.807, 2.05) is 6.92 Å². The van der Waals surface area contributed by atoms with Crippen molar-refractivity contribution in [2.45, 2.75) is 38.0 Å². The smallest absolute Gasteiger partial charge is 0.225 e. The number of rotatable bonds is 5. The zero-order valence-electron chi connectivity index (χ0n) is 9.51. The summed E-state index contributed by atoms with van der Waals surface area (Å²) in [6.07, 6.45) is 4.31. The third-order valence-corrected chi connectivity index (χ3v) is 3.37. The summed E-state index contributed by atoms with van der Waals surface area (Å²) in [4.78, 5) is 11.9. The highest BCUT2D eigenvalue weighted by Crippen LogP contribution is 2.37. The molecule has 0 heterocycles. The number of carbonyl (C=O) groups excluding carboxylic acids is 1. The van der Waals surface area contributed by atoms with Crippen LogP contribution in [0.15, 0.2) is 0 Å². The largest absolute Gasteiger partial charge is 0.383 e. The second-order valence-corrected chi connectivity index (χ2v) is 5.15. The van der Waals surface area contributed by atoms with Crippen LogP contribution in [-0.4, -0.2) is 31.5 Å². The van der Waals surface area contributed by atoms with Crippen LogP contribution in [0.3, 0.4) is 0 Å². The molecule has 1 rings (SSSR count). The number of methoxy groups -OCH3 is 1. The van der Waals surface area contributed by atoms with Gasteiger partial charge in [0.2, 0.25) is 5.91 Å². The van der Waals surface area contributed by atoms with E-state index < -0.39 is 0 Å². The van der Waals surface area contributed by atoms with Gasteiger partial charge >= 0.3 is 0 Å². The first-order chi connectivity index (χ1) is 7.08. The summed E-state index contributed by atoms with van der Waals surface area (Å²) in [5.74, 6) is 0.141. The van der Waals surface area contributed by atoms with Crippen molar-refractivity contribution in [3.05, 3.63) is 0 Å². The highest BCUT2D eigenvalue weighted by atomic mass is 35.5. The third kappa shape index (κ3) is 3.65. The molecule has 3 nitrogen and oxygen atoms in total. The predicted octanol–water partition coefficient (Wildman–Crippen LogP) is 1.94. The van der Waals surface area contributed by atoms with E-state index in [-0.39, 0.29) is 16.7 Å². The number of hydrogen-bond donors (Lipinski definition) is 1. The van der Waals surface area contributed by atoms with Gasteiger partial charge in [-0.3, -0.25) is 4.79 Å². The van der Waals surface area contributed by atoms with E-state index in [9.17, 15) is 4.79 Å². The summed E-state index contributed by atoms with van der Waals surface area (Å²) in [6.45, 7) is 3.00. The summed E-state index contributed by atoms with van der Waals surface area (Å²) < 4.78 is 4.90. The summed E-state index contributed by atoms with van der Waals surface area (Å²) in [5, 5.41) is 2.76. The molecule has 4 heteroatoms. The Hall–Kier alpha value is -0.280. The number of hydrogen-bond acceptors (Lipinski definition) is 2. The van der Waals surface area contributed by atoms with Gasteiger partial charge in [0.15, 0.2) is 0 Å². The Morgan fingerprint density at radius 1 is 1.53 bits per heavy atom. The lowest BCUT2D eigenvalue weighted by atomic mass is 9.88. The van der Waals surface area contributed by atoms with Gasteiger partial charge in [-0.1, -0.05) is 19.8 Å². The maximum Gasteiger partial charge on any atom is 0.225 e. The average molecular weight is 234 g/mol. The lowest BCUT2D eigenvalue weighted by molar-refractivity contribution is -0.129. The highest BCUT2D eigenvalue weighted by molar-refractivity contribution is 6.21. The first-order valence-electron chi connectivity index (χ1n) is 5.50. The third-order valence-electron chi connectivity index (χ3n) is 3.09. The minimum atomic E-state index is -0.163. The Kier molecular flexibility index (Phi) is 4.87. The van der Waals surface area contributed by atoms with Gasteiger partial charge in [0, 0.05) is 19.1 Å². The molecule has 1 atom stereocenters. The van der Waals surface area contributed by atoms with Crippen LogP contribution in [0.5, 0.6) is 0 Å². The van der Waals surface area contributed by atoms with Crippen molar-refractivity contribution >= 4 is 17.5 Å². The van der Waals surface area contributed by atoms with Crippen molar-refractivity contribution in [1.29, 1.82) is 0 Å². The molecule has 1 saturated carbocycles. The van der Waals surface area contributed by atoms with Gasteiger partial charge < -0.3 is 10.1 Å². The molecule has 1 aliphatic rings. The maximum atomic E-state index is 11.9. The molecule has 15 heavy (non-hydrogen) atoms. The van der Waals surface area contributed by atoms with Gasteiger partial charge in [-0.15, -0.1) is 11.6 Å². The summed E-state index contributed by atoms with van der Waals surface area (Å²) in [6, 6.07) is 0. The molecule has 1 fully saturated rings. The number of amides is 1. The predicted molar refractivity (Wildman–Crippen MR) is 61.1 cm³/mol. The quantitative estimate of drug-likeness (QED) is 0.737. The van der Waals surface area contributed by atoms with Gasteiger partial charge in [-0.2, -0.15) is 0 Å². The number of alkyl halides is 1. The molecule has 1 N–H and O–H groups in total. The molecular formula is C11H20ClNO2. The van der Waals surface area contributed by atoms with Crippen LogP contribution in [0.4, 0.5) is 0 Å². The molecule has 0 bridgehead atoms. The molecule has 0 aromatic carbocycles. The molecule has 1 amide bonds. The zero-order valence-corrected chi connectivity index (χ0v) is 10.3. The standard InChI is InChI=1S/C11H20ClNO2/c1-11(5-3-4-6-11)10(14)13-7-9(12)8-15-2/h9H,3-8H2,1-2H3,(H,13,14). The molecule has 0 saturated heterocycles. The van der Waals surface area contributed by atoms with E-state index in [2.05, 4.69) is 5.32 Å². The topological polar surface area (TPSA) is 38.3 Å². The second-order valence-electron chi connectivity index (χ2n) is 4.53. The Balaban J connectivity index is 2.29. The summed E-state index contributed by atoms with van der Waals surface area (Å²) in [5.41, 5.74) is -0.163. The van der Waals surface area contributed by atoms with Crippen LogP contribution in [0.1, 0.15) is 32.6 Å². The Labute approximate surface area is 96.5 Å². The van der Waals surface area contributed by atoms with E-state index in [0.29, 0.717) is 13.2 Å². The lowest BCUT2D eigenvalue weighted by Crippen LogP contribution is -2.40. The van der Waals surface area contributed by atoms with Crippen LogP contribution < -0.4 is 5.32 Å². The average Bonchev–Trinajstić information content (AvgIpc) is 2.63. The van der Waals surface area contributed by atoms with Gasteiger partial charge in [0.1, 0.15) is 0 Å². The van der Waals surface area contributed by atoms with Crippen LogP contribution in [0, 0.1) is 5.41 Å². The van der Waals surface area contributed by atoms with Gasteiger partial charge in [0.25, 0.3) is 0 Å². The molecule has 0 aromatic heterocycles. The van der Waals surface area contributed by atoms with Crippen molar-refractivity contribution in [3.8, 4) is 0 Å². The normalized spacial score (nSPS) is 21.3. The minimum absolute atomic E-state index is 0.135. The first kappa shape index (κ1) is 12.8. The van der Waals surface area contributed by atoms with Crippen molar-refractivity contribution in [2.75, 3.05) is 20.3 Å². The molecule has 1 unspecified atom stereocenters. The molecule has 1 aliphatic carbocycles. The number of nitrogens with one attached hydrogen (secondary N) is 1. The SMILES string of the molecule is COCC(Cl)CNC(=O)C1(C)CCCC1. The monoisotopic (exact) mass is 233 g/mol. The van der Waals surface area contributed by atoms with Crippen LogP contribution >= 0.6 is 11.6 Å². The van der Waals surface area contributed by atoms with E-state index in [0.717, 1.165) is 25.7 Å². The van der Waals surface area contributed by atoms with Crippen LogP contribution in [0.25, 0.3) is 0 Å². The van der Waals surface area contributed by atoms with Crippen LogP contribution in [-0.2, 0) is 9.53 Å². The lowest BCUT2D eigenvalue weighted by Gasteiger charge is -2.23. The highest BCUT2D eigenvalue weighted by Gasteiger charge is 2.35. The number of carbonyl (C=O) groups is 1. The van der Waals surface area contributed by atoms with Crippen molar-refractivity contribution in [1.82, 2.24) is 5.32 Å². The van der Waals surface area contributed by atoms with Gasteiger partial charge in [0.05, 0.1) is 12.0 Å². The Bertz CT molecular complexity index is 215. The molecule has 88 valence electrons. The van der Waals surface area contributed by atoms with Crippen molar-refractivity contribution in [2.24, 2.45) is 5.41 Å². The molecule has 0 aromatic rings. The number of ether oxygens (including phenoxy) is 1. The fourth-order valence-electron chi connectivity index (χ4n) is 2.04. The fraction of sp³-hybridized carbons (Fsp3) is 0.909. The zero-order chi connectivity index (χ0) is 11.3. The van der Waals surface area contributed by atoms with Gasteiger partial charge in [-0.25, -0.2) is 0 Å². The van der Waals surface area contributed by atoms with E-state index >= 15 is 0 Å². The minimum Gasteiger partial charge on any atom is -0.383 e. The molecule has 0 aliphatic heterocycles. The van der Waals surface area contributed by atoms with E-state index in [1.165, 1.54) is 0 Å². The number of halogens is 1. The van der Waals surface area contributed by atoms with Gasteiger partial charge in [-0.05, 0) is 12.8 Å². The van der Waals surface area contributed by atoms with Crippen molar-refractivity contribution < 1.29 is 9.53 Å². The molecular weight excluding hydrogens is 214 g/mol. The summed E-state index contributed by atoms with van der Waals surface area (Å²) in [7, 11) is 1.61. The van der Waals surface area contributed by atoms with E-state index in [4.69, 9.17) is 16.3 Å². The fourth-order valence-corrected chi connectivity index (χ4v) is 2.24. The molecule has 0 spiro atoms. The Morgan fingerprint density at radius 3 is 2.67 bits per heavy atom. The summed E-state index contributed by atoms with van der Waals surface area (Å²) >= 11 is 5.94. The Morgan fingerprint density at radius 2 is 2.13 bits per heavy atom. The van der Waals surface area contributed by atoms with Crippen LogP contribution in [0.2, 0.25) is 0 Å².